The van der Waals surface area contributed by atoms with E-state index in [1.165, 1.54) is 0 Å². The van der Waals surface area contributed by atoms with Crippen molar-refractivity contribution < 1.29 is 43.1 Å². The zero-order valence-corrected chi connectivity index (χ0v) is 21.8. The summed E-state index contributed by atoms with van der Waals surface area (Å²) in [6.45, 7) is -1.97. The first-order valence-corrected chi connectivity index (χ1v) is 12.7. The lowest BCUT2D eigenvalue weighted by atomic mass is 9.98. The number of carbonyl (C=O) groups excluding carboxylic acids is 7. The summed E-state index contributed by atoms with van der Waals surface area (Å²) in [5.41, 5.74) is 4.27. The molecule has 2 aliphatic rings. The third-order valence-electron chi connectivity index (χ3n) is 6.26. The molecular formula is C27H27N5O9. The highest BCUT2D eigenvalue weighted by Gasteiger charge is 2.33. The Morgan fingerprint density at radius 3 is 1.68 bits per heavy atom. The molecular weight excluding hydrogens is 538 g/mol. The average molecular weight is 566 g/mol. The maximum atomic E-state index is 12.2. The van der Waals surface area contributed by atoms with Crippen LogP contribution >= 0.6 is 0 Å². The van der Waals surface area contributed by atoms with Crippen molar-refractivity contribution in [1.29, 1.82) is 0 Å². The second-order valence-electron chi connectivity index (χ2n) is 9.05. The fraction of sp³-hybridized carbons (Fsp3) is 0.296. The molecule has 14 nitrogen and oxygen atoms in total. The van der Waals surface area contributed by atoms with Crippen LogP contribution in [0.4, 0.5) is 4.79 Å². The Kier molecular flexibility index (Phi) is 9.24. The molecule has 0 radical (unpaired) electrons. The highest BCUT2D eigenvalue weighted by atomic mass is 16.7. The predicted octanol–water partition coefficient (Wildman–Crippen LogP) is -0.519. The third-order valence-corrected chi connectivity index (χ3v) is 6.26. The molecule has 2 aromatic carbocycles. The number of nitrogens with zero attached hydrogens (tertiary/aromatic N) is 1. The Morgan fingerprint density at radius 1 is 0.683 bits per heavy atom. The van der Waals surface area contributed by atoms with E-state index >= 15 is 0 Å². The van der Waals surface area contributed by atoms with E-state index in [1.54, 1.807) is 0 Å². The van der Waals surface area contributed by atoms with Crippen molar-refractivity contribution >= 4 is 41.6 Å². The van der Waals surface area contributed by atoms with Gasteiger partial charge in [0, 0.05) is 18.8 Å². The lowest BCUT2D eigenvalue weighted by Crippen LogP contribution is -2.45. The van der Waals surface area contributed by atoms with Crippen molar-refractivity contribution in [3.8, 4) is 11.1 Å². The number of hydroxylamine groups is 2. The van der Waals surface area contributed by atoms with Gasteiger partial charge in [-0.3, -0.25) is 24.0 Å². The maximum absolute atomic E-state index is 12.2. The van der Waals surface area contributed by atoms with Gasteiger partial charge in [-0.2, -0.15) is 0 Å². The smallest absolute Gasteiger partial charge is 0.407 e. The van der Waals surface area contributed by atoms with Crippen molar-refractivity contribution in [2.75, 3.05) is 32.8 Å². The van der Waals surface area contributed by atoms with Crippen molar-refractivity contribution in [1.82, 2.24) is 26.3 Å². The molecule has 1 aliphatic carbocycles. The van der Waals surface area contributed by atoms with Crippen molar-refractivity contribution in [3.63, 3.8) is 0 Å². The van der Waals surface area contributed by atoms with Gasteiger partial charge >= 0.3 is 12.1 Å². The number of carbonyl (C=O) groups is 7. The van der Waals surface area contributed by atoms with Crippen LogP contribution in [-0.2, 0) is 38.3 Å². The number of hydrogen-bond donors (Lipinski definition) is 4. The molecule has 214 valence electrons. The lowest BCUT2D eigenvalue weighted by molar-refractivity contribution is -0.196. The van der Waals surface area contributed by atoms with Gasteiger partial charge < -0.3 is 30.8 Å². The van der Waals surface area contributed by atoms with E-state index in [0.717, 1.165) is 22.3 Å². The van der Waals surface area contributed by atoms with Gasteiger partial charge in [-0.25, -0.2) is 9.59 Å². The van der Waals surface area contributed by atoms with Gasteiger partial charge in [0.1, 0.15) is 19.7 Å². The summed E-state index contributed by atoms with van der Waals surface area (Å²) in [4.78, 5) is 86.9. The van der Waals surface area contributed by atoms with Gasteiger partial charge in [-0.1, -0.05) is 48.5 Å². The first kappa shape index (κ1) is 28.7. The molecule has 1 heterocycles. The van der Waals surface area contributed by atoms with Crippen molar-refractivity contribution in [2.24, 2.45) is 0 Å². The minimum atomic E-state index is -1.04. The van der Waals surface area contributed by atoms with E-state index in [9.17, 15) is 33.6 Å². The highest BCUT2D eigenvalue weighted by molar-refractivity contribution is 6.01. The molecule has 0 spiro atoms. The Bertz CT molecular complexity index is 1330. The van der Waals surface area contributed by atoms with Crippen molar-refractivity contribution in [2.45, 2.75) is 18.8 Å². The number of rotatable bonds is 11. The van der Waals surface area contributed by atoms with E-state index < -0.39 is 67.8 Å². The van der Waals surface area contributed by atoms with E-state index in [-0.39, 0.29) is 25.4 Å². The molecule has 6 amide bonds. The molecule has 1 saturated heterocycles. The summed E-state index contributed by atoms with van der Waals surface area (Å²) in [6.07, 6.45) is -0.918. The number of benzene rings is 2. The number of fused-ring (bicyclic) bond motifs is 3. The largest absolute Gasteiger partial charge is 0.449 e. The van der Waals surface area contributed by atoms with E-state index in [2.05, 4.69) is 26.1 Å². The SMILES string of the molecule is O=C(CNC(=O)CNC(=O)OCC1c2ccccc2-c2ccccc21)NCC(=O)NCC(=O)ON1C(=O)CCC1=O. The number of alkyl carbamates (subject to hydrolysis) is 1. The minimum absolute atomic E-state index is 0.0630. The molecule has 0 saturated carbocycles. The van der Waals surface area contributed by atoms with Gasteiger partial charge in [0.15, 0.2) is 0 Å². The lowest BCUT2D eigenvalue weighted by Gasteiger charge is -2.14. The normalized spacial score (nSPS) is 13.6. The molecule has 1 fully saturated rings. The monoisotopic (exact) mass is 565 g/mol. The summed E-state index contributed by atoms with van der Waals surface area (Å²) in [6, 6.07) is 15.7. The zero-order valence-electron chi connectivity index (χ0n) is 21.8. The van der Waals surface area contributed by atoms with Crippen molar-refractivity contribution in [3.05, 3.63) is 59.7 Å². The topological polar surface area (TPSA) is 189 Å². The van der Waals surface area contributed by atoms with Crippen LogP contribution in [0.15, 0.2) is 48.5 Å². The van der Waals surface area contributed by atoms with Gasteiger partial charge in [0.2, 0.25) is 17.7 Å². The minimum Gasteiger partial charge on any atom is -0.449 e. The number of hydrogen-bond acceptors (Lipinski definition) is 9. The average Bonchev–Trinajstić information content (AvgIpc) is 3.47. The molecule has 0 bridgehead atoms. The summed E-state index contributed by atoms with van der Waals surface area (Å²) < 4.78 is 5.35. The molecule has 1 aliphatic heterocycles. The van der Waals surface area contributed by atoms with E-state index in [1.807, 2.05) is 48.5 Å². The Balaban J connectivity index is 1.08. The van der Waals surface area contributed by atoms with Crippen LogP contribution < -0.4 is 21.3 Å². The second kappa shape index (κ2) is 13.2. The van der Waals surface area contributed by atoms with Crippen LogP contribution in [0.3, 0.4) is 0 Å². The molecule has 2 aromatic rings. The third kappa shape index (κ3) is 7.44. The second-order valence-corrected chi connectivity index (χ2v) is 9.05. The number of amides is 6. The maximum Gasteiger partial charge on any atom is 0.407 e. The van der Waals surface area contributed by atoms with Gasteiger partial charge in [-0.15, -0.1) is 5.06 Å². The summed E-state index contributed by atoms with van der Waals surface area (Å²) in [5.74, 6) is -4.60. The quantitative estimate of drug-likeness (QED) is 0.260. The summed E-state index contributed by atoms with van der Waals surface area (Å²) in [7, 11) is 0. The fourth-order valence-corrected chi connectivity index (χ4v) is 4.31. The first-order chi connectivity index (χ1) is 19.7. The predicted molar refractivity (Wildman–Crippen MR) is 139 cm³/mol. The van der Waals surface area contributed by atoms with Crippen LogP contribution in [0, 0.1) is 0 Å². The molecule has 0 atom stereocenters. The molecule has 41 heavy (non-hydrogen) atoms. The number of ether oxygens (including phenoxy) is 1. The van der Waals surface area contributed by atoms with Crippen LogP contribution in [0.5, 0.6) is 0 Å². The molecule has 0 unspecified atom stereocenters. The van der Waals surface area contributed by atoms with Gasteiger partial charge in [0.05, 0.1) is 13.1 Å². The van der Waals surface area contributed by atoms with Crippen LogP contribution in [0.2, 0.25) is 0 Å². The van der Waals surface area contributed by atoms with Gasteiger partial charge in [0.25, 0.3) is 11.8 Å². The first-order valence-electron chi connectivity index (χ1n) is 12.7. The Hall–Kier alpha value is -5.27. The molecule has 0 aromatic heterocycles. The van der Waals surface area contributed by atoms with Gasteiger partial charge in [-0.05, 0) is 22.3 Å². The summed E-state index contributed by atoms with van der Waals surface area (Å²) in [5, 5.41) is 9.35. The Morgan fingerprint density at radius 2 is 1.15 bits per heavy atom. The van der Waals surface area contributed by atoms with Crippen LogP contribution in [0.25, 0.3) is 11.1 Å². The highest BCUT2D eigenvalue weighted by Crippen LogP contribution is 2.44. The standard InChI is InChI=1S/C27H27N5O9/c33-21(28-12-22(34)30-14-26(38)41-32-24(36)9-10-25(32)37)11-29-23(35)13-31-27(39)40-15-20-18-7-3-1-5-16(18)17-6-2-4-8-19(17)20/h1-8,20H,9-15H2,(H,28,33)(H,29,35)(H,30,34)(H,31,39). The number of nitrogens with one attached hydrogen (secondary N) is 4. The molecule has 4 N–H and O–H groups in total. The van der Waals surface area contributed by atoms with Crippen LogP contribution in [-0.4, -0.2) is 79.4 Å². The van der Waals surface area contributed by atoms with E-state index in [4.69, 9.17) is 4.74 Å². The summed E-state index contributed by atoms with van der Waals surface area (Å²) >= 11 is 0. The fourth-order valence-electron chi connectivity index (χ4n) is 4.31. The molecule has 14 heteroatoms. The zero-order chi connectivity index (χ0) is 29.4. The Labute approximate surface area is 233 Å². The van der Waals surface area contributed by atoms with Crippen LogP contribution in [0.1, 0.15) is 29.9 Å². The van der Waals surface area contributed by atoms with E-state index in [0.29, 0.717) is 5.06 Å². The number of imide groups is 1. The molecule has 4 rings (SSSR count).